The molecular formula is C17H16Cl2N4O. The minimum atomic E-state index is -0.437. The van der Waals surface area contributed by atoms with Gasteiger partial charge in [0.1, 0.15) is 11.6 Å². The summed E-state index contributed by atoms with van der Waals surface area (Å²) in [7, 11) is 0. The quantitative estimate of drug-likeness (QED) is 0.876. The molecule has 0 spiro atoms. The second kappa shape index (κ2) is 7.25. The molecule has 1 N–H and O–H groups in total. The summed E-state index contributed by atoms with van der Waals surface area (Å²) < 4.78 is 0. The first-order valence-electron chi connectivity index (χ1n) is 7.85. The van der Waals surface area contributed by atoms with E-state index in [1.165, 1.54) is 12.8 Å². The van der Waals surface area contributed by atoms with Crippen LogP contribution in [0.5, 0.6) is 0 Å². The Morgan fingerprint density at radius 2 is 1.83 bits per heavy atom. The number of nitriles is 1. The first-order valence-corrected chi connectivity index (χ1v) is 8.60. The van der Waals surface area contributed by atoms with Gasteiger partial charge in [-0.25, -0.2) is 4.98 Å². The molecule has 24 heavy (non-hydrogen) atoms. The van der Waals surface area contributed by atoms with Gasteiger partial charge in [-0.2, -0.15) is 5.26 Å². The minimum absolute atomic E-state index is 0.0213. The molecule has 0 saturated carbocycles. The second-order valence-electron chi connectivity index (χ2n) is 5.76. The third kappa shape index (κ3) is 3.40. The van der Waals surface area contributed by atoms with E-state index in [0.717, 1.165) is 25.9 Å². The number of aromatic nitrogens is 2. The highest BCUT2D eigenvalue weighted by Gasteiger charge is 2.18. The second-order valence-corrected chi connectivity index (χ2v) is 6.57. The smallest absolute Gasteiger partial charge is 0.270 e. The molecule has 1 saturated heterocycles. The van der Waals surface area contributed by atoms with E-state index < -0.39 is 5.56 Å². The normalized spacial score (nSPS) is 15.0. The van der Waals surface area contributed by atoms with E-state index in [2.05, 4.69) is 14.9 Å². The van der Waals surface area contributed by atoms with Gasteiger partial charge in [0.2, 0.25) is 5.95 Å². The van der Waals surface area contributed by atoms with E-state index in [1.807, 2.05) is 6.07 Å². The third-order valence-corrected chi connectivity index (χ3v) is 4.86. The molecule has 2 heterocycles. The van der Waals surface area contributed by atoms with Gasteiger partial charge < -0.3 is 4.90 Å². The Labute approximate surface area is 149 Å². The first-order chi connectivity index (χ1) is 11.6. The number of H-pyrrole nitrogens is 1. The van der Waals surface area contributed by atoms with Crippen LogP contribution in [0.15, 0.2) is 23.0 Å². The predicted molar refractivity (Wildman–Crippen MR) is 95.7 cm³/mol. The number of anilines is 1. The first kappa shape index (κ1) is 16.8. The van der Waals surface area contributed by atoms with Crippen molar-refractivity contribution in [2.24, 2.45) is 0 Å². The molecule has 0 aliphatic carbocycles. The van der Waals surface area contributed by atoms with E-state index in [-0.39, 0.29) is 5.56 Å². The van der Waals surface area contributed by atoms with Crippen molar-refractivity contribution in [2.45, 2.75) is 25.7 Å². The summed E-state index contributed by atoms with van der Waals surface area (Å²) in [6.45, 7) is 1.69. The zero-order chi connectivity index (χ0) is 17.1. The van der Waals surface area contributed by atoms with Crippen molar-refractivity contribution < 1.29 is 0 Å². The third-order valence-electron chi connectivity index (χ3n) is 4.12. The number of hydrogen-bond acceptors (Lipinski definition) is 4. The van der Waals surface area contributed by atoms with Crippen LogP contribution in [0.3, 0.4) is 0 Å². The van der Waals surface area contributed by atoms with Gasteiger partial charge in [0.25, 0.3) is 5.56 Å². The standard InChI is InChI=1S/C17H16Cl2N4O/c18-13-6-5-11(9-14(13)19)15-12(10-20)16(24)22-17(21-15)23-7-3-1-2-4-8-23/h5-6,9H,1-4,7-8H2,(H,21,22,24). The summed E-state index contributed by atoms with van der Waals surface area (Å²) in [5.74, 6) is 0.502. The maximum absolute atomic E-state index is 12.3. The lowest BCUT2D eigenvalue weighted by atomic mass is 10.1. The van der Waals surface area contributed by atoms with Gasteiger partial charge in [0.05, 0.1) is 15.7 Å². The van der Waals surface area contributed by atoms with Crippen LogP contribution in [0.25, 0.3) is 11.3 Å². The molecule has 0 atom stereocenters. The molecule has 124 valence electrons. The molecule has 1 aliphatic heterocycles. The van der Waals surface area contributed by atoms with Gasteiger partial charge in [-0.3, -0.25) is 9.78 Å². The molecule has 7 heteroatoms. The van der Waals surface area contributed by atoms with Crippen molar-refractivity contribution >= 4 is 29.2 Å². The number of hydrogen-bond donors (Lipinski definition) is 1. The Hall–Kier alpha value is -2.03. The summed E-state index contributed by atoms with van der Waals surface area (Å²) >= 11 is 12.0. The number of nitrogens with one attached hydrogen (secondary N) is 1. The van der Waals surface area contributed by atoms with Crippen LogP contribution in [-0.2, 0) is 0 Å². The molecule has 2 aromatic rings. The fraction of sp³-hybridized carbons (Fsp3) is 0.353. The van der Waals surface area contributed by atoms with Crippen LogP contribution in [0.1, 0.15) is 31.2 Å². The zero-order valence-corrected chi connectivity index (χ0v) is 14.5. The largest absolute Gasteiger partial charge is 0.342 e. The lowest BCUT2D eigenvalue weighted by Gasteiger charge is -2.21. The lowest BCUT2D eigenvalue weighted by Crippen LogP contribution is -2.29. The van der Waals surface area contributed by atoms with E-state index in [4.69, 9.17) is 23.2 Å². The van der Waals surface area contributed by atoms with Crippen molar-refractivity contribution in [3.63, 3.8) is 0 Å². The molecule has 1 fully saturated rings. The van der Waals surface area contributed by atoms with Crippen molar-refractivity contribution in [1.29, 1.82) is 5.26 Å². The van der Waals surface area contributed by atoms with Gasteiger partial charge in [-0.1, -0.05) is 42.1 Å². The number of rotatable bonds is 2. The van der Waals surface area contributed by atoms with Crippen molar-refractivity contribution in [2.75, 3.05) is 18.0 Å². The van der Waals surface area contributed by atoms with Crippen LogP contribution in [0, 0.1) is 11.3 Å². The number of halogens is 2. The van der Waals surface area contributed by atoms with E-state index in [9.17, 15) is 10.1 Å². The van der Waals surface area contributed by atoms with Gasteiger partial charge in [-0.15, -0.1) is 0 Å². The summed E-state index contributed by atoms with van der Waals surface area (Å²) in [4.78, 5) is 21.7. The Kier molecular flexibility index (Phi) is 5.08. The number of benzene rings is 1. The molecule has 0 bridgehead atoms. The maximum atomic E-state index is 12.3. The molecular weight excluding hydrogens is 347 g/mol. The van der Waals surface area contributed by atoms with Gasteiger partial charge >= 0.3 is 0 Å². The van der Waals surface area contributed by atoms with Crippen molar-refractivity contribution in [3.8, 4) is 17.3 Å². The summed E-state index contributed by atoms with van der Waals surface area (Å²) in [6, 6.07) is 6.91. The van der Waals surface area contributed by atoms with Gasteiger partial charge in [-0.05, 0) is 25.0 Å². The van der Waals surface area contributed by atoms with Crippen molar-refractivity contribution in [1.82, 2.24) is 9.97 Å². The fourth-order valence-corrected chi connectivity index (χ4v) is 3.15. The molecule has 0 unspecified atom stereocenters. The average Bonchev–Trinajstić information content (AvgIpc) is 2.86. The van der Waals surface area contributed by atoms with Gasteiger partial charge in [0.15, 0.2) is 0 Å². The molecule has 1 aromatic carbocycles. The van der Waals surface area contributed by atoms with Gasteiger partial charge in [0, 0.05) is 18.7 Å². The highest BCUT2D eigenvalue weighted by molar-refractivity contribution is 6.42. The lowest BCUT2D eigenvalue weighted by molar-refractivity contribution is 0.726. The summed E-state index contributed by atoms with van der Waals surface area (Å²) in [6.07, 6.45) is 4.48. The van der Waals surface area contributed by atoms with E-state index in [1.54, 1.807) is 18.2 Å². The number of nitrogens with zero attached hydrogens (tertiary/aromatic N) is 3. The highest BCUT2D eigenvalue weighted by atomic mass is 35.5. The Balaban J connectivity index is 2.11. The number of aromatic amines is 1. The van der Waals surface area contributed by atoms with Crippen molar-refractivity contribution in [3.05, 3.63) is 44.2 Å². The van der Waals surface area contributed by atoms with E-state index in [0.29, 0.717) is 27.3 Å². The molecule has 0 amide bonds. The van der Waals surface area contributed by atoms with Crippen LogP contribution < -0.4 is 10.5 Å². The topological polar surface area (TPSA) is 72.8 Å². The molecule has 5 nitrogen and oxygen atoms in total. The average molecular weight is 363 g/mol. The summed E-state index contributed by atoms with van der Waals surface area (Å²) in [5.41, 5.74) is 0.474. The highest BCUT2D eigenvalue weighted by Crippen LogP contribution is 2.29. The summed E-state index contributed by atoms with van der Waals surface area (Å²) in [5, 5.41) is 10.1. The maximum Gasteiger partial charge on any atom is 0.270 e. The predicted octanol–water partition coefficient (Wildman–Crippen LogP) is 4.00. The van der Waals surface area contributed by atoms with Crippen LogP contribution >= 0.6 is 23.2 Å². The molecule has 1 aromatic heterocycles. The molecule has 1 aliphatic rings. The fourth-order valence-electron chi connectivity index (χ4n) is 2.85. The SMILES string of the molecule is N#Cc1c(-c2ccc(Cl)c(Cl)c2)nc(N2CCCCCC2)[nH]c1=O. The molecule has 0 radical (unpaired) electrons. The Bertz CT molecular complexity index is 849. The monoisotopic (exact) mass is 362 g/mol. The zero-order valence-electron chi connectivity index (χ0n) is 13.0. The molecule has 3 rings (SSSR count). The minimum Gasteiger partial charge on any atom is -0.342 e. The van der Waals surface area contributed by atoms with Crippen LogP contribution in [0.2, 0.25) is 10.0 Å². The Morgan fingerprint density at radius 1 is 1.12 bits per heavy atom. The van der Waals surface area contributed by atoms with Crippen LogP contribution in [0.4, 0.5) is 5.95 Å². The van der Waals surface area contributed by atoms with E-state index >= 15 is 0 Å². The Morgan fingerprint density at radius 3 is 2.46 bits per heavy atom. The van der Waals surface area contributed by atoms with Crippen LogP contribution in [-0.4, -0.2) is 23.1 Å².